The zero-order valence-electron chi connectivity index (χ0n) is 16.6. The maximum Gasteiger partial charge on any atom is 0.238 e. The van der Waals surface area contributed by atoms with E-state index in [9.17, 15) is 4.79 Å². The first-order valence-corrected chi connectivity index (χ1v) is 9.78. The summed E-state index contributed by atoms with van der Waals surface area (Å²) in [6, 6.07) is 11.9. The zero-order chi connectivity index (χ0) is 20.2. The van der Waals surface area contributed by atoms with Crippen molar-refractivity contribution in [2.45, 2.75) is 25.9 Å². The third-order valence-electron chi connectivity index (χ3n) is 4.76. The molecule has 0 saturated carbocycles. The molecule has 0 bridgehead atoms. The SMILES string of the molecule is CC1CN(CC(=O)Nc2cc(-c3ccccn3)nc(-n3cccn3)c2)CC(C)N1. The van der Waals surface area contributed by atoms with Crippen LogP contribution in [0.3, 0.4) is 0 Å². The average molecular weight is 391 g/mol. The standard InChI is InChI=1S/C21H25N7O/c1-15-12-27(13-16(2)24-15)14-21(29)25-17-10-19(18-6-3-4-7-22-18)26-20(11-17)28-9-5-8-23-28/h3-11,15-16,24H,12-14H2,1-2H3,(H,25,26,29). The van der Waals surface area contributed by atoms with Crippen molar-refractivity contribution in [2.24, 2.45) is 0 Å². The maximum atomic E-state index is 12.7. The number of carbonyl (C=O) groups is 1. The van der Waals surface area contributed by atoms with Gasteiger partial charge < -0.3 is 10.6 Å². The largest absolute Gasteiger partial charge is 0.325 e. The van der Waals surface area contributed by atoms with Gasteiger partial charge >= 0.3 is 0 Å². The first-order valence-electron chi connectivity index (χ1n) is 9.78. The van der Waals surface area contributed by atoms with E-state index in [2.05, 4.69) is 44.4 Å². The van der Waals surface area contributed by atoms with Crippen molar-refractivity contribution >= 4 is 11.6 Å². The average Bonchev–Trinajstić information content (AvgIpc) is 3.22. The lowest BCUT2D eigenvalue weighted by atomic mass is 10.1. The van der Waals surface area contributed by atoms with E-state index in [0.29, 0.717) is 35.8 Å². The van der Waals surface area contributed by atoms with Crippen molar-refractivity contribution in [3.63, 3.8) is 0 Å². The number of piperazine rings is 1. The van der Waals surface area contributed by atoms with Crippen LogP contribution in [0.1, 0.15) is 13.8 Å². The molecule has 3 aromatic rings. The molecule has 1 amide bonds. The second-order valence-corrected chi connectivity index (χ2v) is 7.48. The van der Waals surface area contributed by atoms with Gasteiger partial charge in [0.2, 0.25) is 5.91 Å². The lowest BCUT2D eigenvalue weighted by Crippen LogP contribution is -2.55. The summed E-state index contributed by atoms with van der Waals surface area (Å²) in [7, 11) is 0. The molecule has 1 aliphatic rings. The number of aromatic nitrogens is 4. The minimum atomic E-state index is -0.0455. The number of hydrogen-bond donors (Lipinski definition) is 2. The summed E-state index contributed by atoms with van der Waals surface area (Å²) < 4.78 is 1.67. The molecule has 0 aromatic carbocycles. The monoisotopic (exact) mass is 391 g/mol. The highest BCUT2D eigenvalue weighted by atomic mass is 16.2. The molecule has 150 valence electrons. The molecule has 3 aromatic heterocycles. The third-order valence-corrected chi connectivity index (χ3v) is 4.76. The Morgan fingerprint density at radius 1 is 1.14 bits per heavy atom. The highest BCUT2D eigenvalue weighted by Gasteiger charge is 2.22. The highest BCUT2D eigenvalue weighted by Crippen LogP contribution is 2.22. The van der Waals surface area contributed by atoms with Crippen LogP contribution in [0.15, 0.2) is 55.0 Å². The Morgan fingerprint density at radius 3 is 2.66 bits per heavy atom. The second kappa shape index (κ2) is 8.50. The van der Waals surface area contributed by atoms with E-state index in [0.717, 1.165) is 18.8 Å². The second-order valence-electron chi connectivity index (χ2n) is 7.48. The van der Waals surface area contributed by atoms with E-state index < -0.39 is 0 Å². The van der Waals surface area contributed by atoms with Gasteiger partial charge in [-0.3, -0.25) is 14.7 Å². The molecule has 2 N–H and O–H groups in total. The summed E-state index contributed by atoms with van der Waals surface area (Å²) in [5.41, 5.74) is 2.09. The summed E-state index contributed by atoms with van der Waals surface area (Å²) in [4.78, 5) is 23.9. The van der Waals surface area contributed by atoms with Gasteiger partial charge in [0.15, 0.2) is 5.82 Å². The summed E-state index contributed by atoms with van der Waals surface area (Å²) in [5.74, 6) is 0.578. The Labute approximate surface area is 170 Å². The molecule has 8 nitrogen and oxygen atoms in total. The zero-order valence-corrected chi connectivity index (χ0v) is 16.6. The lowest BCUT2D eigenvalue weighted by molar-refractivity contribution is -0.117. The summed E-state index contributed by atoms with van der Waals surface area (Å²) in [6.45, 7) is 6.34. The van der Waals surface area contributed by atoms with Crippen LogP contribution in [0.2, 0.25) is 0 Å². The van der Waals surface area contributed by atoms with E-state index in [-0.39, 0.29) is 5.91 Å². The van der Waals surface area contributed by atoms with Crippen molar-refractivity contribution in [2.75, 3.05) is 25.0 Å². The Hall–Kier alpha value is -3.10. The quantitative estimate of drug-likeness (QED) is 0.691. The topological polar surface area (TPSA) is 88.0 Å². The fourth-order valence-electron chi connectivity index (χ4n) is 3.73. The van der Waals surface area contributed by atoms with Gasteiger partial charge in [0.05, 0.1) is 17.9 Å². The minimum Gasteiger partial charge on any atom is -0.325 e. The Balaban J connectivity index is 1.56. The van der Waals surface area contributed by atoms with Crippen LogP contribution in [0.5, 0.6) is 0 Å². The van der Waals surface area contributed by atoms with Crippen LogP contribution >= 0.6 is 0 Å². The molecule has 1 aliphatic heterocycles. The number of nitrogens with zero attached hydrogens (tertiary/aromatic N) is 5. The summed E-state index contributed by atoms with van der Waals surface area (Å²) in [5, 5.41) is 10.8. The number of nitrogens with one attached hydrogen (secondary N) is 2. The van der Waals surface area contributed by atoms with Gasteiger partial charge in [0.25, 0.3) is 0 Å². The van der Waals surface area contributed by atoms with Gasteiger partial charge in [-0.2, -0.15) is 5.10 Å². The Morgan fingerprint density at radius 2 is 1.97 bits per heavy atom. The maximum absolute atomic E-state index is 12.7. The Bertz CT molecular complexity index is 948. The number of hydrogen-bond acceptors (Lipinski definition) is 6. The molecule has 0 spiro atoms. The van der Waals surface area contributed by atoms with Crippen molar-refractivity contribution < 1.29 is 4.79 Å². The third kappa shape index (κ3) is 4.85. The predicted octanol–water partition coefficient (Wildman–Crippen LogP) is 1.95. The van der Waals surface area contributed by atoms with Crippen molar-refractivity contribution in [1.29, 1.82) is 0 Å². The molecular weight excluding hydrogens is 366 g/mol. The molecule has 29 heavy (non-hydrogen) atoms. The Kier molecular flexibility index (Phi) is 5.64. The van der Waals surface area contributed by atoms with Crippen LogP contribution in [0, 0.1) is 0 Å². The van der Waals surface area contributed by atoms with Gasteiger partial charge in [-0.05, 0) is 38.1 Å². The van der Waals surface area contributed by atoms with Crippen molar-refractivity contribution in [3.8, 4) is 17.2 Å². The fraction of sp³-hybridized carbons (Fsp3) is 0.333. The smallest absolute Gasteiger partial charge is 0.238 e. The molecule has 8 heteroatoms. The van der Waals surface area contributed by atoms with E-state index in [1.54, 1.807) is 17.1 Å². The predicted molar refractivity (Wildman–Crippen MR) is 112 cm³/mol. The number of anilines is 1. The van der Waals surface area contributed by atoms with Gasteiger partial charge in [0.1, 0.15) is 0 Å². The van der Waals surface area contributed by atoms with Crippen LogP contribution < -0.4 is 10.6 Å². The van der Waals surface area contributed by atoms with Crippen LogP contribution in [-0.4, -0.2) is 62.3 Å². The van der Waals surface area contributed by atoms with Crippen LogP contribution in [0.4, 0.5) is 5.69 Å². The molecule has 0 radical (unpaired) electrons. The normalized spacial score (nSPS) is 19.8. The van der Waals surface area contributed by atoms with Crippen molar-refractivity contribution in [3.05, 3.63) is 55.0 Å². The first kappa shape index (κ1) is 19.2. The molecule has 2 unspecified atom stereocenters. The molecule has 2 atom stereocenters. The molecule has 4 heterocycles. The summed E-state index contributed by atoms with van der Waals surface area (Å²) in [6.07, 6.45) is 5.24. The first-order chi connectivity index (χ1) is 14.1. The summed E-state index contributed by atoms with van der Waals surface area (Å²) >= 11 is 0. The van der Waals surface area contributed by atoms with Crippen LogP contribution in [0.25, 0.3) is 17.2 Å². The van der Waals surface area contributed by atoms with E-state index in [1.807, 2.05) is 42.6 Å². The van der Waals surface area contributed by atoms with E-state index in [1.165, 1.54) is 0 Å². The highest BCUT2D eigenvalue weighted by molar-refractivity contribution is 5.93. The van der Waals surface area contributed by atoms with Gasteiger partial charge in [0, 0.05) is 55.5 Å². The number of pyridine rings is 2. The number of rotatable bonds is 5. The van der Waals surface area contributed by atoms with Gasteiger partial charge in [-0.1, -0.05) is 6.07 Å². The molecule has 0 aliphatic carbocycles. The minimum absolute atomic E-state index is 0.0455. The van der Waals surface area contributed by atoms with E-state index in [4.69, 9.17) is 0 Å². The van der Waals surface area contributed by atoms with Crippen LogP contribution in [-0.2, 0) is 4.79 Å². The number of amides is 1. The molecular formula is C21H25N7O. The van der Waals surface area contributed by atoms with E-state index >= 15 is 0 Å². The van der Waals surface area contributed by atoms with Gasteiger partial charge in [-0.15, -0.1) is 0 Å². The molecule has 1 saturated heterocycles. The fourth-order valence-corrected chi connectivity index (χ4v) is 3.73. The number of carbonyl (C=O) groups excluding carboxylic acids is 1. The molecule has 4 rings (SSSR count). The van der Waals surface area contributed by atoms with Crippen molar-refractivity contribution in [1.82, 2.24) is 30.0 Å². The van der Waals surface area contributed by atoms with Gasteiger partial charge in [-0.25, -0.2) is 9.67 Å². The lowest BCUT2D eigenvalue weighted by Gasteiger charge is -2.35. The molecule has 1 fully saturated rings.